The summed E-state index contributed by atoms with van der Waals surface area (Å²) in [6, 6.07) is 8.86. The molecule has 0 bridgehead atoms. The zero-order valence-electron chi connectivity index (χ0n) is 10.8. The van der Waals surface area contributed by atoms with E-state index in [1.165, 1.54) is 36.3 Å². The van der Waals surface area contributed by atoms with Gasteiger partial charge in [0.25, 0.3) is 0 Å². The number of thioether (sulfide) groups is 1. The molecule has 1 aromatic rings. The highest BCUT2D eigenvalue weighted by atomic mass is 32.2. The van der Waals surface area contributed by atoms with Crippen LogP contribution in [0, 0.1) is 5.92 Å². The van der Waals surface area contributed by atoms with Crippen molar-refractivity contribution in [3.63, 3.8) is 0 Å². The van der Waals surface area contributed by atoms with Crippen molar-refractivity contribution in [1.29, 1.82) is 0 Å². The number of fused-ring (bicyclic) bond motifs is 1. The summed E-state index contributed by atoms with van der Waals surface area (Å²) in [6.07, 6.45) is 7.13. The third-order valence-corrected chi connectivity index (χ3v) is 5.67. The lowest BCUT2D eigenvalue weighted by Crippen LogP contribution is -2.13. The molecule has 3 atom stereocenters. The maximum atomic E-state index is 9.92. The van der Waals surface area contributed by atoms with Crippen LogP contribution in [0.25, 0.3) is 0 Å². The molecule has 0 amide bonds. The van der Waals surface area contributed by atoms with Gasteiger partial charge in [-0.1, -0.05) is 37.5 Å². The van der Waals surface area contributed by atoms with Crippen LogP contribution in [-0.2, 0) is 0 Å². The molecule has 1 N–H and O–H groups in total. The second-order valence-corrected chi connectivity index (χ2v) is 6.88. The zero-order valence-corrected chi connectivity index (χ0v) is 11.7. The summed E-state index contributed by atoms with van der Waals surface area (Å²) in [5.74, 6) is 2.70. The fourth-order valence-electron chi connectivity index (χ4n) is 3.47. The van der Waals surface area contributed by atoms with E-state index in [4.69, 9.17) is 0 Å². The van der Waals surface area contributed by atoms with E-state index in [1.54, 1.807) is 5.56 Å². The third kappa shape index (κ3) is 2.75. The average molecular weight is 262 g/mol. The predicted octanol–water partition coefficient (Wildman–Crippen LogP) is 4.21. The van der Waals surface area contributed by atoms with Gasteiger partial charge in [-0.3, -0.25) is 0 Å². The van der Waals surface area contributed by atoms with E-state index in [2.05, 4.69) is 24.3 Å². The van der Waals surface area contributed by atoms with Crippen LogP contribution < -0.4 is 0 Å². The molecule has 3 unspecified atom stereocenters. The SMILES string of the molecule is OC1CCCCC(CC2CSc3ccccc32)C1. The monoisotopic (exact) mass is 262 g/mol. The molecule has 0 radical (unpaired) electrons. The molecular weight excluding hydrogens is 240 g/mol. The van der Waals surface area contributed by atoms with Gasteiger partial charge in [0.15, 0.2) is 0 Å². The first-order chi connectivity index (χ1) is 8.83. The van der Waals surface area contributed by atoms with Gasteiger partial charge in [-0.05, 0) is 42.7 Å². The second kappa shape index (κ2) is 5.66. The van der Waals surface area contributed by atoms with E-state index in [0.717, 1.165) is 24.7 Å². The van der Waals surface area contributed by atoms with Crippen molar-refractivity contribution in [2.45, 2.75) is 55.4 Å². The van der Waals surface area contributed by atoms with Crippen LogP contribution in [-0.4, -0.2) is 17.0 Å². The molecular formula is C16H22OS. The fourth-order valence-corrected chi connectivity index (χ4v) is 4.75. The summed E-state index contributed by atoms with van der Waals surface area (Å²) in [5, 5.41) is 9.92. The highest BCUT2D eigenvalue weighted by Gasteiger charge is 2.27. The van der Waals surface area contributed by atoms with Gasteiger partial charge >= 0.3 is 0 Å². The maximum Gasteiger partial charge on any atom is 0.0542 e. The topological polar surface area (TPSA) is 20.2 Å². The first-order valence-electron chi connectivity index (χ1n) is 7.22. The first kappa shape index (κ1) is 12.6. The molecule has 2 heteroatoms. The summed E-state index contributed by atoms with van der Waals surface area (Å²) in [5.41, 5.74) is 1.56. The molecule has 0 aromatic heterocycles. The van der Waals surface area contributed by atoms with Crippen molar-refractivity contribution in [1.82, 2.24) is 0 Å². The first-order valence-corrected chi connectivity index (χ1v) is 8.21. The quantitative estimate of drug-likeness (QED) is 0.806. The van der Waals surface area contributed by atoms with Gasteiger partial charge < -0.3 is 5.11 Å². The van der Waals surface area contributed by atoms with Crippen LogP contribution in [0.5, 0.6) is 0 Å². The number of hydrogen-bond donors (Lipinski definition) is 1. The largest absolute Gasteiger partial charge is 0.393 e. The Balaban J connectivity index is 1.66. The normalized spacial score (nSPS) is 31.9. The predicted molar refractivity (Wildman–Crippen MR) is 77.1 cm³/mol. The van der Waals surface area contributed by atoms with Crippen molar-refractivity contribution in [2.75, 3.05) is 5.75 Å². The molecule has 1 fully saturated rings. The van der Waals surface area contributed by atoms with Gasteiger partial charge in [-0.2, -0.15) is 0 Å². The van der Waals surface area contributed by atoms with Gasteiger partial charge in [0.05, 0.1) is 6.10 Å². The Labute approximate surface area is 114 Å². The summed E-state index contributed by atoms with van der Waals surface area (Å²) in [4.78, 5) is 1.48. The van der Waals surface area contributed by atoms with Gasteiger partial charge in [0, 0.05) is 10.6 Å². The van der Waals surface area contributed by atoms with Crippen LogP contribution in [0.3, 0.4) is 0 Å². The van der Waals surface area contributed by atoms with E-state index in [9.17, 15) is 5.11 Å². The lowest BCUT2D eigenvalue weighted by molar-refractivity contribution is 0.138. The van der Waals surface area contributed by atoms with Crippen LogP contribution in [0.2, 0.25) is 0 Å². The molecule has 1 aliphatic carbocycles. The minimum Gasteiger partial charge on any atom is -0.393 e. The Morgan fingerprint density at radius 3 is 2.94 bits per heavy atom. The van der Waals surface area contributed by atoms with Crippen molar-refractivity contribution < 1.29 is 5.11 Å². The summed E-state index contributed by atoms with van der Waals surface area (Å²) >= 11 is 2.01. The molecule has 1 nitrogen and oxygen atoms in total. The summed E-state index contributed by atoms with van der Waals surface area (Å²) in [6.45, 7) is 0. The molecule has 1 aromatic carbocycles. The smallest absolute Gasteiger partial charge is 0.0542 e. The Morgan fingerprint density at radius 1 is 1.17 bits per heavy atom. The molecule has 18 heavy (non-hydrogen) atoms. The van der Waals surface area contributed by atoms with E-state index >= 15 is 0 Å². The number of benzene rings is 1. The molecule has 98 valence electrons. The maximum absolute atomic E-state index is 9.92. The Bertz CT molecular complexity index is 404. The number of rotatable bonds is 2. The van der Waals surface area contributed by atoms with Gasteiger partial charge in [-0.25, -0.2) is 0 Å². The number of aliphatic hydroxyl groups excluding tert-OH is 1. The van der Waals surface area contributed by atoms with Crippen molar-refractivity contribution in [3.05, 3.63) is 29.8 Å². The Kier molecular flexibility index (Phi) is 3.95. The lowest BCUT2D eigenvalue weighted by atomic mass is 9.86. The molecule has 0 saturated heterocycles. The van der Waals surface area contributed by atoms with Gasteiger partial charge in [-0.15, -0.1) is 11.8 Å². The summed E-state index contributed by atoms with van der Waals surface area (Å²) < 4.78 is 0. The van der Waals surface area contributed by atoms with Crippen molar-refractivity contribution in [2.24, 2.45) is 5.92 Å². The highest BCUT2D eigenvalue weighted by Crippen LogP contribution is 2.44. The molecule has 3 rings (SSSR count). The minimum atomic E-state index is -0.0400. The van der Waals surface area contributed by atoms with Gasteiger partial charge in [0.1, 0.15) is 0 Å². The van der Waals surface area contributed by atoms with E-state index in [0.29, 0.717) is 0 Å². The average Bonchev–Trinajstić information content (AvgIpc) is 2.66. The molecule has 2 aliphatic rings. The van der Waals surface area contributed by atoms with Gasteiger partial charge in [0.2, 0.25) is 0 Å². The molecule has 0 spiro atoms. The standard InChI is InChI=1S/C16H22OS/c17-14-6-2-1-5-12(10-14)9-13-11-18-16-8-4-3-7-15(13)16/h3-4,7-8,12-14,17H,1-2,5-6,9-11H2. The van der Waals surface area contributed by atoms with E-state index < -0.39 is 0 Å². The number of hydrogen-bond acceptors (Lipinski definition) is 2. The van der Waals surface area contributed by atoms with E-state index in [-0.39, 0.29) is 6.10 Å². The number of aliphatic hydroxyl groups is 1. The van der Waals surface area contributed by atoms with Crippen LogP contribution >= 0.6 is 11.8 Å². The Morgan fingerprint density at radius 2 is 2.00 bits per heavy atom. The minimum absolute atomic E-state index is 0.0400. The highest BCUT2D eigenvalue weighted by molar-refractivity contribution is 7.99. The van der Waals surface area contributed by atoms with Crippen molar-refractivity contribution in [3.8, 4) is 0 Å². The second-order valence-electron chi connectivity index (χ2n) is 5.82. The molecule has 1 heterocycles. The van der Waals surface area contributed by atoms with Crippen molar-refractivity contribution >= 4 is 11.8 Å². The Hall–Kier alpha value is -0.470. The van der Waals surface area contributed by atoms with Crippen LogP contribution in [0.15, 0.2) is 29.2 Å². The summed E-state index contributed by atoms with van der Waals surface area (Å²) in [7, 11) is 0. The fraction of sp³-hybridized carbons (Fsp3) is 0.625. The molecule has 1 aliphatic heterocycles. The van der Waals surface area contributed by atoms with Crippen LogP contribution in [0.1, 0.15) is 50.0 Å². The zero-order chi connectivity index (χ0) is 12.4. The third-order valence-electron chi connectivity index (χ3n) is 4.42. The molecule has 1 saturated carbocycles. The van der Waals surface area contributed by atoms with E-state index in [1.807, 2.05) is 11.8 Å². The lowest BCUT2D eigenvalue weighted by Gasteiger charge is -2.20. The van der Waals surface area contributed by atoms with Crippen LogP contribution in [0.4, 0.5) is 0 Å².